The van der Waals surface area contributed by atoms with E-state index in [-0.39, 0.29) is 16.9 Å². The van der Waals surface area contributed by atoms with Gasteiger partial charge in [-0.2, -0.15) is 0 Å². The number of fused-ring (bicyclic) bond motifs is 3. The average molecular weight is 474 g/mol. The van der Waals surface area contributed by atoms with Gasteiger partial charge in [0.25, 0.3) is 5.56 Å². The van der Waals surface area contributed by atoms with Crippen molar-refractivity contribution in [1.29, 1.82) is 0 Å². The fourth-order valence-corrected chi connectivity index (χ4v) is 4.87. The molecule has 0 saturated carbocycles. The highest BCUT2D eigenvalue weighted by Gasteiger charge is 2.37. The molecule has 0 N–H and O–H groups in total. The number of aryl methyl sites for hydroxylation is 1. The second kappa shape index (κ2) is 7.69. The molecule has 4 aromatic rings. The summed E-state index contributed by atoms with van der Waals surface area (Å²) in [5.41, 5.74) is 1.91. The molecule has 166 valence electrons. The monoisotopic (exact) mass is 473 g/mol. The lowest BCUT2D eigenvalue weighted by atomic mass is 10.1. The number of aromatic nitrogens is 3. The zero-order valence-corrected chi connectivity index (χ0v) is 19.3. The molecular formula is C23H21Cl2N3O4. The van der Waals surface area contributed by atoms with Crippen LogP contribution >= 0.6 is 23.2 Å². The minimum atomic E-state index is -0.630. The molecule has 0 unspecified atom stereocenters. The predicted octanol–water partition coefficient (Wildman–Crippen LogP) is 4.50. The Balaban J connectivity index is 1.97. The Morgan fingerprint density at radius 3 is 2.53 bits per heavy atom. The fraction of sp³-hybridized carbons (Fsp3) is 0.304. The van der Waals surface area contributed by atoms with Gasteiger partial charge in [0.15, 0.2) is 11.3 Å². The largest absolute Gasteiger partial charge is 0.446 e. The van der Waals surface area contributed by atoms with Crippen LogP contribution in [-0.2, 0) is 25.4 Å². The topological polar surface area (TPSA) is 71.3 Å². The SMILES string of the molecule is CC[C@H]1Cn2c(-c3cccc(Cl)c3)c3c(=O)n(C)c(=O)n(C)c3c2[C@H](c2ccc(Cl)o2)O1. The second-order valence-electron chi connectivity index (χ2n) is 7.97. The molecule has 0 spiro atoms. The van der Waals surface area contributed by atoms with Gasteiger partial charge < -0.3 is 13.7 Å². The van der Waals surface area contributed by atoms with Gasteiger partial charge >= 0.3 is 5.69 Å². The first-order valence-corrected chi connectivity index (χ1v) is 11.1. The molecule has 0 radical (unpaired) electrons. The van der Waals surface area contributed by atoms with Crippen LogP contribution in [0.1, 0.15) is 30.9 Å². The summed E-state index contributed by atoms with van der Waals surface area (Å²) in [6.45, 7) is 2.56. The summed E-state index contributed by atoms with van der Waals surface area (Å²) in [5.74, 6) is 0.513. The summed E-state index contributed by atoms with van der Waals surface area (Å²) in [6, 6.07) is 10.8. The number of benzene rings is 1. The Hall–Kier alpha value is -2.74. The molecule has 0 saturated heterocycles. The first-order valence-electron chi connectivity index (χ1n) is 10.3. The van der Waals surface area contributed by atoms with Crippen LogP contribution in [0.4, 0.5) is 0 Å². The summed E-state index contributed by atoms with van der Waals surface area (Å²) in [5, 5.41) is 1.24. The number of ether oxygens (including phenoxy) is 1. The number of nitrogens with zero attached hydrogens (tertiary/aromatic N) is 3. The van der Waals surface area contributed by atoms with Gasteiger partial charge in [-0.1, -0.05) is 30.7 Å². The van der Waals surface area contributed by atoms with Gasteiger partial charge in [-0.05, 0) is 42.3 Å². The summed E-state index contributed by atoms with van der Waals surface area (Å²) in [4.78, 5) is 26.3. The lowest BCUT2D eigenvalue weighted by Crippen LogP contribution is -2.37. The van der Waals surface area contributed by atoms with Crippen molar-refractivity contribution < 1.29 is 9.15 Å². The van der Waals surface area contributed by atoms with Crippen LogP contribution in [0.25, 0.3) is 22.2 Å². The van der Waals surface area contributed by atoms with Crippen LogP contribution in [0.3, 0.4) is 0 Å². The van der Waals surface area contributed by atoms with Crippen molar-refractivity contribution in [2.45, 2.75) is 32.1 Å². The van der Waals surface area contributed by atoms with Gasteiger partial charge in [0.1, 0.15) is 5.76 Å². The zero-order chi connectivity index (χ0) is 22.7. The minimum Gasteiger partial charge on any atom is -0.446 e. The van der Waals surface area contributed by atoms with Crippen LogP contribution in [0.15, 0.2) is 50.4 Å². The van der Waals surface area contributed by atoms with Gasteiger partial charge in [-0.3, -0.25) is 13.9 Å². The Kier molecular flexibility index (Phi) is 5.08. The van der Waals surface area contributed by atoms with Crippen LogP contribution in [0.5, 0.6) is 0 Å². The van der Waals surface area contributed by atoms with Crippen molar-refractivity contribution in [1.82, 2.24) is 13.7 Å². The quantitative estimate of drug-likeness (QED) is 0.438. The van der Waals surface area contributed by atoms with E-state index >= 15 is 0 Å². The van der Waals surface area contributed by atoms with Crippen LogP contribution in [0.2, 0.25) is 10.2 Å². The molecule has 9 heteroatoms. The molecule has 0 bridgehead atoms. The van der Waals surface area contributed by atoms with Gasteiger partial charge in [0.05, 0.1) is 28.4 Å². The maximum Gasteiger partial charge on any atom is 0.331 e. The van der Waals surface area contributed by atoms with E-state index in [1.54, 1.807) is 25.2 Å². The maximum atomic E-state index is 13.4. The molecule has 32 heavy (non-hydrogen) atoms. The average Bonchev–Trinajstić information content (AvgIpc) is 3.37. The number of rotatable bonds is 3. The van der Waals surface area contributed by atoms with Crippen LogP contribution in [0, 0.1) is 0 Å². The Labute approximate surface area is 193 Å². The lowest BCUT2D eigenvalue weighted by molar-refractivity contribution is -0.0356. The molecule has 1 aliphatic rings. The third-order valence-corrected chi connectivity index (χ3v) is 6.51. The smallest absolute Gasteiger partial charge is 0.331 e. The number of hydrogen-bond donors (Lipinski definition) is 0. The predicted molar refractivity (Wildman–Crippen MR) is 124 cm³/mol. The summed E-state index contributed by atoms with van der Waals surface area (Å²) in [7, 11) is 3.14. The summed E-state index contributed by atoms with van der Waals surface area (Å²) < 4.78 is 16.8. The third-order valence-electron chi connectivity index (χ3n) is 6.07. The van der Waals surface area contributed by atoms with E-state index in [4.69, 9.17) is 32.4 Å². The molecule has 0 aliphatic carbocycles. The van der Waals surface area contributed by atoms with E-state index in [0.29, 0.717) is 39.6 Å². The first-order chi connectivity index (χ1) is 15.3. The van der Waals surface area contributed by atoms with Crippen molar-refractivity contribution in [2.75, 3.05) is 0 Å². The molecule has 2 atom stereocenters. The van der Waals surface area contributed by atoms with Crippen molar-refractivity contribution in [3.05, 3.63) is 78.9 Å². The Bertz CT molecular complexity index is 1480. The van der Waals surface area contributed by atoms with Gasteiger partial charge in [-0.15, -0.1) is 0 Å². The van der Waals surface area contributed by atoms with E-state index in [2.05, 4.69) is 4.57 Å². The van der Waals surface area contributed by atoms with Gasteiger partial charge in [0, 0.05) is 31.2 Å². The highest BCUT2D eigenvalue weighted by atomic mass is 35.5. The van der Waals surface area contributed by atoms with Crippen molar-refractivity contribution >= 4 is 34.1 Å². The molecule has 3 aromatic heterocycles. The highest BCUT2D eigenvalue weighted by molar-refractivity contribution is 6.31. The van der Waals surface area contributed by atoms with Gasteiger partial charge in [-0.25, -0.2) is 4.79 Å². The minimum absolute atomic E-state index is 0.128. The lowest BCUT2D eigenvalue weighted by Gasteiger charge is -2.32. The third kappa shape index (κ3) is 3.07. The molecule has 0 fully saturated rings. The molecule has 1 aromatic carbocycles. The van der Waals surface area contributed by atoms with E-state index < -0.39 is 11.8 Å². The number of furan rings is 1. The van der Waals surface area contributed by atoms with E-state index in [0.717, 1.165) is 16.6 Å². The molecule has 1 aliphatic heterocycles. The molecule has 5 rings (SSSR count). The van der Waals surface area contributed by atoms with Crippen LogP contribution < -0.4 is 11.2 Å². The molecule has 4 heterocycles. The number of halogens is 2. The first kappa shape index (κ1) is 21.1. The van der Waals surface area contributed by atoms with Crippen molar-refractivity contribution in [3.8, 4) is 11.3 Å². The van der Waals surface area contributed by atoms with E-state index in [9.17, 15) is 9.59 Å². The van der Waals surface area contributed by atoms with Crippen molar-refractivity contribution in [2.24, 2.45) is 14.1 Å². The Morgan fingerprint density at radius 2 is 1.88 bits per heavy atom. The fourth-order valence-electron chi connectivity index (χ4n) is 4.53. The number of hydrogen-bond acceptors (Lipinski definition) is 4. The van der Waals surface area contributed by atoms with Crippen molar-refractivity contribution in [3.63, 3.8) is 0 Å². The molecule has 7 nitrogen and oxygen atoms in total. The normalized spacial score (nSPS) is 18.3. The Morgan fingerprint density at radius 1 is 1.09 bits per heavy atom. The second-order valence-corrected chi connectivity index (χ2v) is 8.78. The van der Waals surface area contributed by atoms with E-state index in [1.165, 1.54) is 11.6 Å². The summed E-state index contributed by atoms with van der Waals surface area (Å²) in [6.07, 6.45) is -0.00322. The van der Waals surface area contributed by atoms with Crippen LogP contribution in [-0.4, -0.2) is 19.8 Å². The highest BCUT2D eigenvalue weighted by Crippen LogP contribution is 2.43. The zero-order valence-electron chi connectivity index (χ0n) is 17.8. The summed E-state index contributed by atoms with van der Waals surface area (Å²) >= 11 is 12.4. The van der Waals surface area contributed by atoms with Gasteiger partial charge in [0.2, 0.25) is 0 Å². The standard InChI is InChI=1S/C23H21Cl2N3O4/c1-4-14-11-28-18(12-6-5-7-13(24)10-12)17-19(26(2)23(30)27(3)22(17)29)20(28)21(31-14)15-8-9-16(25)32-15/h5-10,14,21H,4,11H2,1-3H3/t14-,21-/m0/s1. The van der Waals surface area contributed by atoms with E-state index in [1.807, 2.05) is 25.1 Å². The molecule has 0 amide bonds. The molecular weight excluding hydrogens is 453 g/mol. The maximum absolute atomic E-state index is 13.4.